The van der Waals surface area contributed by atoms with Gasteiger partial charge in [-0.25, -0.2) is 0 Å². The van der Waals surface area contributed by atoms with Crippen LogP contribution in [0.4, 0.5) is 11.4 Å². The number of carbonyl (C=O) groups excluding carboxylic acids is 3. The number of hydrogen-bond donors (Lipinski definition) is 2. The normalized spacial score (nSPS) is 9.89. The Morgan fingerprint density at radius 2 is 1.67 bits per heavy atom. The summed E-state index contributed by atoms with van der Waals surface area (Å²) in [6.07, 6.45) is 0.117. The molecule has 0 bridgehead atoms. The fourth-order valence-electron chi connectivity index (χ4n) is 2.54. The molecule has 0 heterocycles. The van der Waals surface area contributed by atoms with E-state index in [2.05, 4.69) is 5.32 Å². The zero-order valence-electron chi connectivity index (χ0n) is 14.7. The molecule has 0 radical (unpaired) electrons. The van der Waals surface area contributed by atoms with Gasteiger partial charge >= 0.3 is 0 Å². The van der Waals surface area contributed by atoms with Gasteiger partial charge in [0.05, 0.1) is 23.7 Å². The zero-order valence-corrected chi connectivity index (χ0v) is 14.7. The van der Waals surface area contributed by atoms with Crippen LogP contribution < -0.4 is 16.0 Å². The van der Waals surface area contributed by atoms with E-state index in [4.69, 9.17) is 11.0 Å². The number of rotatable bonds is 8. The van der Waals surface area contributed by atoms with Crippen molar-refractivity contribution in [2.75, 3.05) is 16.8 Å². The van der Waals surface area contributed by atoms with Crippen LogP contribution in [0, 0.1) is 11.3 Å². The Morgan fingerprint density at radius 1 is 1.00 bits per heavy atom. The minimum Gasteiger partial charge on any atom is -0.366 e. The highest BCUT2D eigenvalue weighted by Crippen LogP contribution is 2.17. The maximum absolute atomic E-state index is 12.5. The van der Waals surface area contributed by atoms with Crippen molar-refractivity contribution in [3.8, 4) is 6.07 Å². The molecule has 27 heavy (non-hydrogen) atoms. The molecule has 138 valence electrons. The molecule has 7 nitrogen and oxygen atoms in total. The number of nitrogens with one attached hydrogen (secondary N) is 1. The van der Waals surface area contributed by atoms with Crippen molar-refractivity contribution in [1.29, 1.82) is 5.26 Å². The molecule has 0 aliphatic carbocycles. The lowest BCUT2D eigenvalue weighted by Crippen LogP contribution is -2.32. The highest BCUT2D eigenvalue weighted by molar-refractivity contribution is 6.04. The van der Waals surface area contributed by atoms with Gasteiger partial charge in [0, 0.05) is 25.1 Å². The summed E-state index contributed by atoms with van der Waals surface area (Å²) >= 11 is 0. The minimum atomic E-state index is -0.645. The highest BCUT2D eigenvalue weighted by Gasteiger charge is 2.17. The first kappa shape index (κ1) is 19.7. The number of anilines is 2. The van der Waals surface area contributed by atoms with E-state index in [-0.39, 0.29) is 37.3 Å². The van der Waals surface area contributed by atoms with E-state index in [9.17, 15) is 14.4 Å². The summed E-state index contributed by atoms with van der Waals surface area (Å²) in [5.74, 6) is -1.30. The highest BCUT2D eigenvalue weighted by atomic mass is 16.2. The molecule has 3 amide bonds. The molecule has 3 N–H and O–H groups in total. The van der Waals surface area contributed by atoms with Gasteiger partial charge in [0.15, 0.2) is 0 Å². The molecule has 7 heteroatoms. The maximum atomic E-state index is 12.5. The number of hydrogen-bond acceptors (Lipinski definition) is 4. The second-order valence-electron chi connectivity index (χ2n) is 5.75. The minimum absolute atomic E-state index is 0.0229. The first-order valence-electron chi connectivity index (χ1n) is 8.44. The van der Waals surface area contributed by atoms with Crippen LogP contribution in [-0.2, 0) is 9.59 Å². The molecule has 0 unspecified atom stereocenters. The van der Waals surface area contributed by atoms with Gasteiger partial charge in [0.25, 0.3) is 5.91 Å². The van der Waals surface area contributed by atoms with Crippen LogP contribution in [-0.4, -0.2) is 24.3 Å². The van der Waals surface area contributed by atoms with Gasteiger partial charge in [-0.1, -0.05) is 30.3 Å². The molecular weight excluding hydrogens is 344 g/mol. The van der Waals surface area contributed by atoms with Crippen LogP contribution in [0.25, 0.3) is 0 Å². The fraction of sp³-hybridized carbons (Fsp3) is 0.200. The van der Waals surface area contributed by atoms with Gasteiger partial charge in [-0.15, -0.1) is 0 Å². The number of amides is 3. The lowest BCUT2D eigenvalue weighted by Gasteiger charge is -2.21. The van der Waals surface area contributed by atoms with Crippen LogP contribution in [0.15, 0.2) is 54.6 Å². The van der Waals surface area contributed by atoms with Crippen LogP contribution in [0.5, 0.6) is 0 Å². The third kappa shape index (κ3) is 5.68. The van der Waals surface area contributed by atoms with Gasteiger partial charge in [-0.2, -0.15) is 5.26 Å². The predicted octanol–water partition coefficient (Wildman–Crippen LogP) is 2.45. The first-order valence-corrected chi connectivity index (χ1v) is 8.44. The molecular formula is C20H20N4O3. The van der Waals surface area contributed by atoms with Crippen molar-refractivity contribution in [2.24, 2.45) is 5.73 Å². The molecule has 0 saturated carbocycles. The number of nitrogens with two attached hydrogens (primary N) is 1. The van der Waals surface area contributed by atoms with Crippen LogP contribution >= 0.6 is 0 Å². The average molecular weight is 364 g/mol. The molecule has 0 saturated heterocycles. The summed E-state index contributed by atoms with van der Waals surface area (Å²) in [4.78, 5) is 37.6. The van der Waals surface area contributed by atoms with Crippen LogP contribution in [0.1, 0.15) is 29.6 Å². The fourth-order valence-corrected chi connectivity index (χ4v) is 2.54. The lowest BCUT2D eigenvalue weighted by atomic mass is 10.1. The third-order valence-electron chi connectivity index (χ3n) is 3.85. The number of primary amides is 1. The van der Waals surface area contributed by atoms with Crippen molar-refractivity contribution in [3.05, 3.63) is 60.2 Å². The quantitative estimate of drug-likeness (QED) is 0.748. The second-order valence-corrected chi connectivity index (χ2v) is 5.75. The maximum Gasteiger partial charge on any atom is 0.250 e. The molecule has 0 spiro atoms. The third-order valence-corrected chi connectivity index (χ3v) is 3.85. The van der Waals surface area contributed by atoms with E-state index in [1.54, 1.807) is 42.5 Å². The van der Waals surface area contributed by atoms with E-state index >= 15 is 0 Å². The molecule has 0 atom stereocenters. The summed E-state index contributed by atoms with van der Waals surface area (Å²) < 4.78 is 0. The van der Waals surface area contributed by atoms with Crippen molar-refractivity contribution in [2.45, 2.75) is 19.3 Å². The van der Waals surface area contributed by atoms with E-state index in [1.165, 1.54) is 11.0 Å². The summed E-state index contributed by atoms with van der Waals surface area (Å²) in [6, 6.07) is 17.4. The van der Waals surface area contributed by atoms with Gasteiger partial charge in [0.1, 0.15) is 0 Å². The standard InChI is InChI=1S/C20H20N4O3/c21-13-6-14-24(15-7-2-1-3-8-15)19(26)12-11-18(25)23-17-10-5-4-9-16(17)20(22)27/h1-5,7-10H,6,11-12,14H2,(H2,22,27)(H,23,25). The van der Waals surface area contributed by atoms with E-state index in [0.717, 1.165) is 0 Å². The number of nitrogens with zero attached hydrogens (tertiary/aromatic N) is 2. The lowest BCUT2D eigenvalue weighted by molar-refractivity contribution is -0.122. The van der Waals surface area contributed by atoms with Gasteiger partial charge in [-0.3, -0.25) is 14.4 Å². The topological polar surface area (TPSA) is 116 Å². The predicted molar refractivity (Wildman–Crippen MR) is 102 cm³/mol. The van der Waals surface area contributed by atoms with Gasteiger partial charge in [-0.05, 0) is 24.3 Å². The number of carbonyl (C=O) groups is 3. The number of benzene rings is 2. The van der Waals surface area contributed by atoms with E-state index in [1.807, 2.05) is 12.1 Å². The monoisotopic (exact) mass is 364 g/mol. The largest absolute Gasteiger partial charge is 0.366 e. The molecule has 0 aromatic heterocycles. The molecule has 0 aliphatic heterocycles. The number of nitriles is 1. The van der Waals surface area contributed by atoms with Crippen molar-refractivity contribution >= 4 is 29.1 Å². The summed E-state index contributed by atoms with van der Waals surface area (Å²) in [5.41, 5.74) is 6.48. The zero-order chi connectivity index (χ0) is 19.6. The first-order chi connectivity index (χ1) is 13.0. The van der Waals surface area contributed by atoms with Crippen molar-refractivity contribution in [1.82, 2.24) is 0 Å². The van der Waals surface area contributed by atoms with Gasteiger partial charge in [0.2, 0.25) is 11.8 Å². The van der Waals surface area contributed by atoms with Gasteiger partial charge < -0.3 is 16.0 Å². The Balaban J connectivity index is 1.99. The second kappa shape index (κ2) is 9.73. The van der Waals surface area contributed by atoms with E-state index in [0.29, 0.717) is 11.4 Å². The summed E-state index contributed by atoms with van der Waals surface area (Å²) in [5, 5.41) is 11.4. The van der Waals surface area contributed by atoms with Crippen molar-refractivity contribution in [3.63, 3.8) is 0 Å². The Bertz CT molecular complexity index is 859. The molecule has 2 aromatic rings. The SMILES string of the molecule is N#CCCN(C(=O)CCC(=O)Nc1ccccc1C(N)=O)c1ccccc1. The Morgan fingerprint density at radius 3 is 2.33 bits per heavy atom. The number of para-hydroxylation sites is 2. The summed E-state index contributed by atoms with van der Waals surface area (Å²) in [7, 11) is 0. The van der Waals surface area contributed by atoms with Crippen LogP contribution in [0.2, 0.25) is 0 Å². The Kier molecular flexibility index (Phi) is 7.08. The molecule has 0 aliphatic rings. The Hall–Kier alpha value is -3.66. The molecule has 2 aromatic carbocycles. The van der Waals surface area contributed by atoms with Crippen molar-refractivity contribution < 1.29 is 14.4 Å². The smallest absolute Gasteiger partial charge is 0.250 e. The van der Waals surface area contributed by atoms with Crippen LogP contribution in [0.3, 0.4) is 0 Å². The van der Waals surface area contributed by atoms with E-state index < -0.39 is 11.8 Å². The summed E-state index contributed by atoms with van der Waals surface area (Å²) in [6.45, 7) is 0.255. The molecule has 0 fully saturated rings. The average Bonchev–Trinajstić information content (AvgIpc) is 2.67. The molecule has 2 rings (SSSR count). The Labute approximate surface area is 157 Å².